The largest absolute Gasteiger partial charge is 0.726 e. The zero-order valence-electron chi connectivity index (χ0n) is 18.2. The second kappa shape index (κ2) is 14.7. The monoisotopic (exact) mass is 458 g/mol. The summed E-state index contributed by atoms with van der Waals surface area (Å²) in [6, 6.07) is 0. The number of hydrogen-bond donors (Lipinski definition) is 0. The summed E-state index contributed by atoms with van der Waals surface area (Å²) in [6.45, 7) is 8.15. The van der Waals surface area contributed by atoms with Crippen LogP contribution in [0.15, 0.2) is 0 Å². The van der Waals surface area contributed by atoms with Crippen LogP contribution in [-0.2, 0) is 29.2 Å². The van der Waals surface area contributed by atoms with Gasteiger partial charge in [0.2, 0.25) is 20.8 Å². The highest BCUT2D eigenvalue weighted by Crippen LogP contribution is 2.23. The van der Waals surface area contributed by atoms with E-state index in [4.69, 9.17) is 0 Å². The topological polar surface area (TPSA) is 133 Å². The lowest BCUT2D eigenvalue weighted by atomic mass is 9.90. The Bertz CT molecular complexity index is 616. The maximum absolute atomic E-state index is 10.7. The van der Waals surface area contributed by atoms with E-state index in [0.717, 1.165) is 57.8 Å². The molecule has 0 aromatic heterocycles. The summed E-state index contributed by atoms with van der Waals surface area (Å²) < 4.78 is 72.3. The van der Waals surface area contributed by atoms with Crippen molar-refractivity contribution in [2.75, 3.05) is 13.2 Å². The Morgan fingerprint density at radius 2 is 1.03 bits per heavy atom. The summed E-state index contributed by atoms with van der Waals surface area (Å²) >= 11 is 0. The highest BCUT2D eigenvalue weighted by Gasteiger charge is 2.13. The molecule has 0 amide bonds. The Kier molecular flexibility index (Phi) is 14.6. The van der Waals surface area contributed by atoms with Gasteiger partial charge in [-0.1, -0.05) is 66.2 Å². The van der Waals surface area contributed by atoms with Crippen molar-refractivity contribution in [2.45, 2.75) is 85.5 Å². The van der Waals surface area contributed by atoms with E-state index in [1.165, 1.54) is 0 Å². The van der Waals surface area contributed by atoms with Crippen LogP contribution in [0.5, 0.6) is 0 Å². The molecule has 0 aromatic rings. The fraction of sp³-hybridized carbons (Fsp3) is 1.00. The molecule has 0 rings (SSSR count). The van der Waals surface area contributed by atoms with E-state index in [2.05, 4.69) is 29.1 Å². The van der Waals surface area contributed by atoms with Gasteiger partial charge in [-0.25, -0.2) is 16.8 Å². The zero-order chi connectivity index (χ0) is 22.5. The van der Waals surface area contributed by atoms with Crippen LogP contribution < -0.4 is 0 Å². The van der Waals surface area contributed by atoms with Gasteiger partial charge in [-0.15, -0.1) is 0 Å². The molecule has 29 heavy (non-hydrogen) atoms. The molecule has 0 aliphatic heterocycles. The fourth-order valence-electron chi connectivity index (χ4n) is 3.30. The first-order valence-corrected chi connectivity index (χ1v) is 13.2. The lowest BCUT2D eigenvalue weighted by molar-refractivity contribution is 0.198. The molecule has 8 nitrogen and oxygen atoms in total. The lowest BCUT2D eigenvalue weighted by Crippen LogP contribution is -2.15. The zero-order valence-corrected chi connectivity index (χ0v) is 19.8. The molecule has 0 heterocycles. The van der Waals surface area contributed by atoms with Gasteiger partial charge in [-0.3, -0.25) is 8.37 Å². The molecule has 0 spiro atoms. The molecule has 10 heteroatoms. The molecule has 0 saturated carbocycles. The van der Waals surface area contributed by atoms with E-state index in [-0.39, 0.29) is 25.0 Å². The number of rotatable bonds is 18. The van der Waals surface area contributed by atoms with Crippen molar-refractivity contribution in [3.63, 3.8) is 0 Å². The Hall–Kier alpha value is -0.260. The average molecular weight is 459 g/mol. The molecule has 176 valence electrons. The predicted molar refractivity (Wildman–Crippen MR) is 110 cm³/mol. The first-order valence-electron chi connectivity index (χ1n) is 10.5. The maximum Gasteiger partial charge on any atom is 0.217 e. The third kappa shape index (κ3) is 20.8. The minimum atomic E-state index is -4.65. The van der Waals surface area contributed by atoms with Crippen LogP contribution in [-0.4, -0.2) is 39.2 Å². The van der Waals surface area contributed by atoms with Crippen LogP contribution in [0.2, 0.25) is 0 Å². The van der Waals surface area contributed by atoms with Crippen molar-refractivity contribution < 1.29 is 34.3 Å². The van der Waals surface area contributed by atoms with E-state index in [1.54, 1.807) is 0 Å². The van der Waals surface area contributed by atoms with Gasteiger partial charge in [0.25, 0.3) is 0 Å². The first-order chi connectivity index (χ1) is 13.3. The Labute approximate surface area is 177 Å². The van der Waals surface area contributed by atoms with E-state index in [0.29, 0.717) is 11.8 Å². The van der Waals surface area contributed by atoms with Gasteiger partial charge in [0.1, 0.15) is 0 Å². The van der Waals surface area contributed by atoms with E-state index < -0.39 is 20.8 Å². The Balaban J connectivity index is 4.12. The van der Waals surface area contributed by atoms with Crippen molar-refractivity contribution in [1.82, 2.24) is 0 Å². The summed E-state index contributed by atoms with van der Waals surface area (Å²) in [5.74, 6) is 1.13. The van der Waals surface area contributed by atoms with Crippen molar-refractivity contribution in [1.29, 1.82) is 0 Å². The Morgan fingerprint density at radius 1 is 0.621 bits per heavy atom. The minimum Gasteiger partial charge on any atom is -0.726 e. The van der Waals surface area contributed by atoms with Gasteiger partial charge in [0, 0.05) is 0 Å². The highest BCUT2D eigenvalue weighted by molar-refractivity contribution is 7.81. The smallest absolute Gasteiger partial charge is 0.217 e. The van der Waals surface area contributed by atoms with Crippen LogP contribution in [0.4, 0.5) is 0 Å². The summed E-state index contributed by atoms with van der Waals surface area (Å²) in [5, 5.41) is 0. The SMILES string of the molecule is CC(C)CCCC(CCCC(C)CCCC(C)COS(=O)(=O)[O-])COS(=O)(=O)[O-]. The van der Waals surface area contributed by atoms with Crippen LogP contribution in [0, 0.1) is 23.7 Å². The molecule has 0 N–H and O–H groups in total. The molecule has 0 saturated heterocycles. The summed E-state index contributed by atoms with van der Waals surface area (Å²) in [4.78, 5) is 0. The fourth-order valence-corrected chi connectivity index (χ4v) is 4.06. The summed E-state index contributed by atoms with van der Waals surface area (Å²) in [7, 11) is -9.28. The predicted octanol–water partition coefficient (Wildman–Crippen LogP) is 4.00. The van der Waals surface area contributed by atoms with Crippen LogP contribution in [0.25, 0.3) is 0 Å². The minimum absolute atomic E-state index is 0.00227. The van der Waals surface area contributed by atoms with Crippen molar-refractivity contribution >= 4 is 20.8 Å². The molecular formula is C19H38O8S2-2. The average Bonchev–Trinajstić information content (AvgIpc) is 2.55. The van der Waals surface area contributed by atoms with E-state index >= 15 is 0 Å². The second-order valence-electron chi connectivity index (χ2n) is 8.65. The molecule has 0 aliphatic rings. The van der Waals surface area contributed by atoms with Gasteiger partial charge >= 0.3 is 0 Å². The van der Waals surface area contributed by atoms with Crippen molar-refractivity contribution in [2.24, 2.45) is 23.7 Å². The van der Waals surface area contributed by atoms with Gasteiger partial charge in [0.05, 0.1) is 13.2 Å². The molecule has 0 radical (unpaired) electrons. The quantitative estimate of drug-likeness (QED) is 0.222. The standard InChI is InChI=1S/C19H40O8S2/c1-16(2)8-5-12-19(15-27-29(23,24)25)13-7-10-17(3)9-6-11-18(4)14-26-28(20,21)22/h16-19H,5-15H2,1-4H3,(H,20,21,22)(H,23,24,25)/p-2. The molecule has 0 fully saturated rings. The van der Waals surface area contributed by atoms with Crippen LogP contribution in [0.1, 0.15) is 85.5 Å². The summed E-state index contributed by atoms with van der Waals surface area (Å²) in [6.07, 6.45) is 8.33. The van der Waals surface area contributed by atoms with Gasteiger partial charge < -0.3 is 9.11 Å². The third-order valence-corrected chi connectivity index (χ3v) is 5.89. The first kappa shape index (κ1) is 28.7. The summed E-state index contributed by atoms with van der Waals surface area (Å²) in [5.41, 5.74) is 0. The van der Waals surface area contributed by atoms with Crippen molar-refractivity contribution in [3.8, 4) is 0 Å². The molecule has 0 aliphatic carbocycles. The molecular weight excluding hydrogens is 420 g/mol. The lowest BCUT2D eigenvalue weighted by Gasteiger charge is -2.20. The highest BCUT2D eigenvalue weighted by atomic mass is 32.3. The van der Waals surface area contributed by atoms with Crippen molar-refractivity contribution in [3.05, 3.63) is 0 Å². The van der Waals surface area contributed by atoms with Gasteiger partial charge in [-0.2, -0.15) is 0 Å². The second-order valence-corrected chi connectivity index (χ2v) is 10.8. The maximum atomic E-state index is 10.7. The third-order valence-electron chi connectivity index (χ3n) is 5.04. The molecule has 3 unspecified atom stereocenters. The molecule has 3 atom stereocenters. The number of hydrogen-bond acceptors (Lipinski definition) is 8. The van der Waals surface area contributed by atoms with E-state index in [9.17, 15) is 25.9 Å². The van der Waals surface area contributed by atoms with E-state index in [1.807, 2.05) is 6.92 Å². The molecule has 0 bridgehead atoms. The molecule has 0 aromatic carbocycles. The van der Waals surface area contributed by atoms with Crippen LogP contribution in [0.3, 0.4) is 0 Å². The van der Waals surface area contributed by atoms with Crippen LogP contribution >= 0.6 is 0 Å². The van der Waals surface area contributed by atoms with Gasteiger partial charge in [-0.05, 0) is 42.9 Å². The normalized spacial score (nSPS) is 16.1. The Morgan fingerprint density at radius 3 is 1.52 bits per heavy atom. The van der Waals surface area contributed by atoms with Gasteiger partial charge in [0.15, 0.2) is 0 Å².